The standard InChI is InChI=1S/C22H24N2O2/c23-19-6-2-8-21(15-19)25-12-10-17-4-1-5-18(14-17)11-13-26-22-9-3-7-20(24)16-22/h1-9,14-16H,10-13,23-24H2. The molecule has 0 saturated carbocycles. The molecule has 0 unspecified atom stereocenters. The number of benzene rings is 3. The van der Waals surface area contributed by atoms with Gasteiger partial charge < -0.3 is 20.9 Å². The number of nitrogen functional groups attached to an aromatic ring is 2. The molecular weight excluding hydrogens is 324 g/mol. The Hall–Kier alpha value is -3.14. The van der Waals surface area contributed by atoms with Crippen molar-refractivity contribution < 1.29 is 9.47 Å². The summed E-state index contributed by atoms with van der Waals surface area (Å²) in [7, 11) is 0. The summed E-state index contributed by atoms with van der Waals surface area (Å²) < 4.78 is 11.5. The fraction of sp³-hybridized carbons (Fsp3) is 0.182. The van der Waals surface area contributed by atoms with Crippen LogP contribution in [-0.4, -0.2) is 13.2 Å². The molecule has 3 aromatic rings. The average Bonchev–Trinajstić information content (AvgIpc) is 2.62. The van der Waals surface area contributed by atoms with E-state index in [1.807, 2.05) is 48.5 Å². The van der Waals surface area contributed by atoms with Crippen LogP contribution in [0.4, 0.5) is 11.4 Å². The van der Waals surface area contributed by atoms with Crippen LogP contribution in [0.2, 0.25) is 0 Å². The van der Waals surface area contributed by atoms with E-state index in [4.69, 9.17) is 20.9 Å². The van der Waals surface area contributed by atoms with Gasteiger partial charge >= 0.3 is 0 Å². The average molecular weight is 348 g/mol. The molecule has 0 heterocycles. The monoisotopic (exact) mass is 348 g/mol. The Morgan fingerprint density at radius 1 is 0.577 bits per heavy atom. The minimum Gasteiger partial charge on any atom is -0.493 e. The van der Waals surface area contributed by atoms with Crippen molar-refractivity contribution in [1.82, 2.24) is 0 Å². The van der Waals surface area contributed by atoms with E-state index in [1.165, 1.54) is 11.1 Å². The minimum atomic E-state index is 0.618. The summed E-state index contributed by atoms with van der Waals surface area (Å²) in [6, 6.07) is 23.5. The van der Waals surface area contributed by atoms with Crippen LogP contribution in [0.15, 0.2) is 72.8 Å². The Morgan fingerprint density at radius 3 is 1.50 bits per heavy atom. The quantitative estimate of drug-likeness (QED) is 0.602. The highest BCUT2D eigenvalue weighted by molar-refractivity contribution is 5.44. The molecule has 3 aromatic carbocycles. The smallest absolute Gasteiger partial charge is 0.121 e. The number of ether oxygens (including phenoxy) is 2. The largest absolute Gasteiger partial charge is 0.493 e. The normalized spacial score (nSPS) is 10.5. The Labute approximate surface area is 154 Å². The van der Waals surface area contributed by atoms with Crippen molar-refractivity contribution in [3.8, 4) is 11.5 Å². The van der Waals surface area contributed by atoms with E-state index in [2.05, 4.69) is 24.3 Å². The van der Waals surface area contributed by atoms with E-state index in [9.17, 15) is 0 Å². The molecule has 3 rings (SSSR count). The van der Waals surface area contributed by atoms with Gasteiger partial charge in [0.15, 0.2) is 0 Å². The van der Waals surface area contributed by atoms with Crippen LogP contribution >= 0.6 is 0 Å². The molecule has 134 valence electrons. The molecule has 0 radical (unpaired) electrons. The third kappa shape index (κ3) is 5.45. The summed E-state index contributed by atoms with van der Waals surface area (Å²) in [6.45, 7) is 1.24. The van der Waals surface area contributed by atoms with Gasteiger partial charge in [-0.2, -0.15) is 0 Å². The van der Waals surface area contributed by atoms with E-state index in [-0.39, 0.29) is 0 Å². The molecule has 4 heteroatoms. The van der Waals surface area contributed by atoms with Crippen LogP contribution in [-0.2, 0) is 12.8 Å². The molecule has 0 aromatic heterocycles. The number of rotatable bonds is 8. The van der Waals surface area contributed by atoms with E-state index in [0.29, 0.717) is 24.6 Å². The number of anilines is 2. The molecule has 0 bridgehead atoms. The lowest BCUT2D eigenvalue weighted by Gasteiger charge is -2.09. The molecule has 0 spiro atoms. The van der Waals surface area contributed by atoms with E-state index in [0.717, 1.165) is 24.3 Å². The first-order valence-electron chi connectivity index (χ1n) is 8.73. The topological polar surface area (TPSA) is 70.5 Å². The molecule has 0 aliphatic heterocycles. The molecule has 0 atom stereocenters. The predicted octanol–water partition coefficient (Wildman–Crippen LogP) is 4.09. The van der Waals surface area contributed by atoms with E-state index in [1.54, 1.807) is 0 Å². The van der Waals surface area contributed by atoms with Crippen molar-refractivity contribution in [1.29, 1.82) is 0 Å². The number of hydrogen-bond acceptors (Lipinski definition) is 4. The van der Waals surface area contributed by atoms with Crippen molar-refractivity contribution in [2.24, 2.45) is 0 Å². The van der Waals surface area contributed by atoms with Crippen LogP contribution < -0.4 is 20.9 Å². The summed E-state index contributed by atoms with van der Waals surface area (Å²) in [5, 5.41) is 0. The zero-order valence-electron chi connectivity index (χ0n) is 14.7. The zero-order valence-corrected chi connectivity index (χ0v) is 14.7. The SMILES string of the molecule is Nc1cccc(OCCc2cccc(CCOc3cccc(N)c3)c2)c1. The second-order valence-corrected chi connectivity index (χ2v) is 6.16. The van der Waals surface area contributed by atoms with E-state index < -0.39 is 0 Å². The van der Waals surface area contributed by atoms with Crippen LogP contribution in [0.25, 0.3) is 0 Å². The van der Waals surface area contributed by atoms with Gasteiger partial charge in [-0.1, -0.05) is 36.4 Å². The van der Waals surface area contributed by atoms with Gasteiger partial charge in [0.2, 0.25) is 0 Å². The van der Waals surface area contributed by atoms with Gasteiger partial charge in [0.25, 0.3) is 0 Å². The number of nitrogens with two attached hydrogens (primary N) is 2. The summed E-state index contributed by atoms with van der Waals surface area (Å²) in [5.74, 6) is 1.60. The molecular formula is C22H24N2O2. The van der Waals surface area contributed by atoms with Crippen molar-refractivity contribution in [2.45, 2.75) is 12.8 Å². The molecule has 0 aliphatic rings. The van der Waals surface area contributed by atoms with Crippen molar-refractivity contribution in [3.63, 3.8) is 0 Å². The second-order valence-electron chi connectivity index (χ2n) is 6.16. The lowest BCUT2D eigenvalue weighted by atomic mass is 10.1. The maximum absolute atomic E-state index is 5.76. The third-order valence-corrected chi connectivity index (χ3v) is 4.03. The summed E-state index contributed by atoms with van der Waals surface area (Å²) in [6.07, 6.45) is 1.69. The molecule has 26 heavy (non-hydrogen) atoms. The highest BCUT2D eigenvalue weighted by Gasteiger charge is 2.00. The lowest BCUT2D eigenvalue weighted by Crippen LogP contribution is -2.04. The van der Waals surface area contributed by atoms with Gasteiger partial charge in [0.1, 0.15) is 11.5 Å². The predicted molar refractivity (Wildman–Crippen MR) is 107 cm³/mol. The number of hydrogen-bond donors (Lipinski definition) is 2. The van der Waals surface area contributed by atoms with Crippen LogP contribution in [0.5, 0.6) is 11.5 Å². The molecule has 4 N–H and O–H groups in total. The van der Waals surface area contributed by atoms with Crippen molar-refractivity contribution in [2.75, 3.05) is 24.7 Å². The highest BCUT2D eigenvalue weighted by Crippen LogP contribution is 2.16. The Kier molecular flexibility index (Phi) is 5.99. The summed E-state index contributed by atoms with van der Waals surface area (Å²) >= 11 is 0. The van der Waals surface area contributed by atoms with Crippen molar-refractivity contribution in [3.05, 3.63) is 83.9 Å². The molecule has 0 saturated heterocycles. The van der Waals surface area contributed by atoms with Gasteiger partial charge in [-0.25, -0.2) is 0 Å². The molecule has 0 aliphatic carbocycles. The zero-order chi connectivity index (χ0) is 18.2. The first-order valence-corrected chi connectivity index (χ1v) is 8.73. The van der Waals surface area contributed by atoms with Crippen molar-refractivity contribution >= 4 is 11.4 Å². The van der Waals surface area contributed by atoms with Gasteiger partial charge in [-0.15, -0.1) is 0 Å². The van der Waals surface area contributed by atoms with Crippen LogP contribution in [0.1, 0.15) is 11.1 Å². The van der Waals surface area contributed by atoms with Gasteiger partial charge in [-0.05, 0) is 35.4 Å². The summed E-state index contributed by atoms with van der Waals surface area (Å²) in [4.78, 5) is 0. The maximum atomic E-state index is 5.76. The van der Waals surface area contributed by atoms with Gasteiger partial charge in [-0.3, -0.25) is 0 Å². The molecule has 0 amide bonds. The molecule has 4 nitrogen and oxygen atoms in total. The van der Waals surface area contributed by atoms with Gasteiger partial charge in [0.05, 0.1) is 13.2 Å². The first kappa shape index (κ1) is 17.7. The Balaban J connectivity index is 1.46. The lowest BCUT2D eigenvalue weighted by molar-refractivity contribution is 0.320. The third-order valence-electron chi connectivity index (χ3n) is 4.03. The Bertz CT molecular complexity index is 782. The molecule has 0 fully saturated rings. The minimum absolute atomic E-state index is 0.618. The second kappa shape index (κ2) is 8.81. The van der Waals surface area contributed by atoms with Crippen LogP contribution in [0, 0.1) is 0 Å². The van der Waals surface area contributed by atoms with E-state index >= 15 is 0 Å². The fourth-order valence-corrected chi connectivity index (χ4v) is 2.72. The summed E-state index contributed by atoms with van der Waals surface area (Å²) in [5.41, 5.74) is 15.4. The Morgan fingerprint density at radius 2 is 1.04 bits per heavy atom. The first-order chi connectivity index (χ1) is 12.7. The van der Waals surface area contributed by atoms with Crippen LogP contribution in [0.3, 0.4) is 0 Å². The van der Waals surface area contributed by atoms with Gasteiger partial charge in [0, 0.05) is 36.3 Å². The fourth-order valence-electron chi connectivity index (χ4n) is 2.72. The maximum Gasteiger partial charge on any atom is 0.121 e. The highest BCUT2D eigenvalue weighted by atomic mass is 16.5.